The minimum Gasteiger partial charge on any atom is -0.456 e. The second kappa shape index (κ2) is 7.54. The summed E-state index contributed by atoms with van der Waals surface area (Å²) in [6, 6.07) is 34.2. The highest BCUT2D eigenvalue weighted by atomic mass is 16.6. The molecule has 1 heterocycles. The van der Waals surface area contributed by atoms with Crippen LogP contribution in [0.2, 0.25) is 0 Å². The second-order valence-electron chi connectivity index (χ2n) is 7.26. The molecule has 4 aromatic rings. The Hall–Kier alpha value is -4.25. The van der Waals surface area contributed by atoms with Gasteiger partial charge in [-0.25, -0.2) is 4.99 Å². The van der Waals surface area contributed by atoms with Crippen LogP contribution >= 0.6 is 0 Å². The summed E-state index contributed by atoms with van der Waals surface area (Å²) in [5, 5.41) is 11.3. The molecular formula is C26H18N2O3. The highest BCUT2D eigenvalue weighted by molar-refractivity contribution is 5.98. The van der Waals surface area contributed by atoms with E-state index in [4.69, 9.17) is 9.73 Å². The quantitative estimate of drug-likeness (QED) is 0.309. The lowest BCUT2D eigenvalue weighted by molar-refractivity contribution is -0.384. The third-order valence-electron chi connectivity index (χ3n) is 5.42. The zero-order valence-electron chi connectivity index (χ0n) is 16.5. The van der Waals surface area contributed by atoms with E-state index in [0.29, 0.717) is 11.5 Å². The Bertz CT molecular complexity index is 1240. The number of nitro groups is 1. The van der Waals surface area contributed by atoms with Gasteiger partial charge in [0.1, 0.15) is 0 Å². The number of rotatable bonds is 4. The Balaban J connectivity index is 1.79. The molecule has 0 atom stereocenters. The summed E-state index contributed by atoms with van der Waals surface area (Å²) in [5.74, 6) is 0.343. The Labute approximate surface area is 179 Å². The smallest absolute Gasteiger partial charge is 0.270 e. The number of benzene rings is 4. The van der Waals surface area contributed by atoms with Gasteiger partial charge in [0, 0.05) is 34.4 Å². The topological polar surface area (TPSA) is 64.7 Å². The number of ether oxygens (including phenoxy) is 1. The van der Waals surface area contributed by atoms with E-state index in [-0.39, 0.29) is 5.69 Å². The van der Waals surface area contributed by atoms with E-state index in [9.17, 15) is 10.1 Å². The van der Waals surface area contributed by atoms with Crippen molar-refractivity contribution in [2.24, 2.45) is 4.99 Å². The lowest BCUT2D eigenvalue weighted by Crippen LogP contribution is -2.37. The fourth-order valence-electron chi connectivity index (χ4n) is 4.02. The number of para-hydroxylation sites is 1. The van der Waals surface area contributed by atoms with Crippen molar-refractivity contribution in [2.75, 3.05) is 0 Å². The molecule has 0 aliphatic carbocycles. The monoisotopic (exact) mass is 406 g/mol. The van der Waals surface area contributed by atoms with Crippen LogP contribution in [0.15, 0.2) is 114 Å². The Morgan fingerprint density at radius 3 is 2.00 bits per heavy atom. The summed E-state index contributed by atoms with van der Waals surface area (Å²) in [4.78, 5) is 15.6. The van der Waals surface area contributed by atoms with Crippen molar-refractivity contribution < 1.29 is 9.66 Å². The van der Waals surface area contributed by atoms with Crippen LogP contribution in [0.25, 0.3) is 0 Å². The van der Waals surface area contributed by atoms with Gasteiger partial charge in [-0.1, -0.05) is 84.9 Å². The summed E-state index contributed by atoms with van der Waals surface area (Å²) in [6.45, 7) is 0. The molecule has 1 aliphatic rings. The van der Waals surface area contributed by atoms with Crippen LogP contribution < -0.4 is 0 Å². The maximum Gasteiger partial charge on any atom is 0.270 e. The fourth-order valence-corrected chi connectivity index (χ4v) is 4.02. The lowest BCUT2D eigenvalue weighted by Gasteiger charge is -2.39. The van der Waals surface area contributed by atoms with Crippen molar-refractivity contribution in [1.29, 1.82) is 0 Å². The first-order chi connectivity index (χ1) is 15.2. The van der Waals surface area contributed by atoms with Gasteiger partial charge in [0.05, 0.1) is 10.6 Å². The van der Waals surface area contributed by atoms with Crippen molar-refractivity contribution in [3.8, 4) is 0 Å². The van der Waals surface area contributed by atoms with Crippen LogP contribution in [0.5, 0.6) is 0 Å². The molecule has 0 N–H and O–H groups in total. The van der Waals surface area contributed by atoms with Crippen LogP contribution in [0.1, 0.15) is 22.3 Å². The summed E-state index contributed by atoms with van der Waals surface area (Å²) >= 11 is 0. The van der Waals surface area contributed by atoms with Gasteiger partial charge in [0.2, 0.25) is 5.90 Å². The van der Waals surface area contributed by atoms with Crippen molar-refractivity contribution in [3.63, 3.8) is 0 Å². The van der Waals surface area contributed by atoms with Gasteiger partial charge < -0.3 is 4.74 Å². The van der Waals surface area contributed by atoms with E-state index in [0.717, 1.165) is 22.4 Å². The number of fused-ring (bicyclic) bond motifs is 1. The van der Waals surface area contributed by atoms with Crippen molar-refractivity contribution in [2.45, 2.75) is 5.60 Å². The molecule has 0 unspecified atom stereocenters. The molecule has 0 bridgehead atoms. The minimum absolute atomic E-state index is 0.00678. The van der Waals surface area contributed by atoms with Gasteiger partial charge >= 0.3 is 0 Å². The Morgan fingerprint density at radius 1 is 0.742 bits per heavy atom. The fraction of sp³-hybridized carbons (Fsp3) is 0.0385. The van der Waals surface area contributed by atoms with Crippen LogP contribution in [0, 0.1) is 10.1 Å². The predicted octanol–water partition coefficient (Wildman–Crippen LogP) is 6.00. The SMILES string of the molecule is O=[N+]([O-])c1cccc(C2=Nc3ccccc3C(c3ccccc3)(c3ccccc3)O2)c1. The molecule has 5 nitrogen and oxygen atoms in total. The largest absolute Gasteiger partial charge is 0.456 e. The highest BCUT2D eigenvalue weighted by Gasteiger charge is 2.44. The molecule has 0 saturated carbocycles. The first kappa shape index (κ1) is 18.8. The zero-order valence-corrected chi connectivity index (χ0v) is 16.5. The molecule has 5 heteroatoms. The number of nitrogens with zero attached hydrogens (tertiary/aromatic N) is 2. The molecule has 1 aliphatic heterocycles. The summed E-state index contributed by atoms with van der Waals surface area (Å²) < 4.78 is 6.72. The maximum absolute atomic E-state index is 11.3. The molecule has 150 valence electrons. The standard InChI is InChI=1S/C26H18N2O3/c29-28(30)22-15-9-10-19(18-22)25-27-24-17-8-7-16-23(24)26(31-25,20-11-3-1-4-12-20)21-13-5-2-6-14-21/h1-18H. The molecule has 4 aromatic carbocycles. The number of nitro benzene ring substituents is 1. The molecule has 0 radical (unpaired) electrons. The average Bonchev–Trinajstić information content (AvgIpc) is 2.84. The van der Waals surface area contributed by atoms with Gasteiger partial charge in [-0.3, -0.25) is 10.1 Å². The molecule has 31 heavy (non-hydrogen) atoms. The van der Waals surface area contributed by atoms with Gasteiger partial charge in [-0.2, -0.15) is 0 Å². The average molecular weight is 406 g/mol. The number of non-ortho nitro benzene ring substituents is 1. The molecule has 0 amide bonds. The van der Waals surface area contributed by atoms with Crippen LogP contribution in [-0.4, -0.2) is 10.8 Å². The summed E-state index contributed by atoms with van der Waals surface area (Å²) in [6.07, 6.45) is 0. The van der Waals surface area contributed by atoms with E-state index >= 15 is 0 Å². The van der Waals surface area contributed by atoms with E-state index in [1.165, 1.54) is 12.1 Å². The first-order valence-electron chi connectivity index (χ1n) is 9.91. The van der Waals surface area contributed by atoms with Crippen molar-refractivity contribution in [1.82, 2.24) is 0 Å². The Morgan fingerprint density at radius 2 is 1.35 bits per heavy atom. The number of hydrogen-bond acceptors (Lipinski definition) is 4. The van der Waals surface area contributed by atoms with Gasteiger partial charge in [-0.15, -0.1) is 0 Å². The first-order valence-corrected chi connectivity index (χ1v) is 9.91. The van der Waals surface area contributed by atoms with Gasteiger partial charge in [0.25, 0.3) is 5.69 Å². The molecular weight excluding hydrogens is 388 g/mol. The molecule has 0 saturated heterocycles. The van der Waals surface area contributed by atoms with E-state index < -0.39 is 10.5 Å². The normalized spacial score (nSPS) is 14.1. The van der Waals surface area contributed by atoms with Crippen LogP contribution in [0.3, 0.4) is 0 Å². The maximum atomic E-state index is 11.3. The predicted molar refractivity (Wildman–Crippen MR) is 120 cm³/mol. The molecule has 0 aromatic heterocycles. The number of aliphatic imine (C=N–C) groups is 1. The molecule has 5 rings (SSSR count). The zero-order chi connectivity index (χ0) is 21.3. The van der Waals surface area contributed by atoms with Gasteiger partial charge in [-0.05, 0) is 12.1 Å². The second-order valence-corrected chi connectivity index (χ2v) is 7.26. The Kier molecular flexibility index (Phi) is 4.56. The van der Waals surface area contributed by atoms with E-state index in [1.54, 1.807) is 12.1 Å². The van der Waals surface area contributed by atoms with Crippen molar-refractivity contribution >= 4 is 17.3 Å². The van der Waals surface area contributed by atoms with Crippen LogP contribution in [0.4, 0.5) is 11.4 Å². The molecule has 0 spiro atoms. The van der Waals surface area contributed by atoms with E-state index in [2.05, 4.69) is 0 Å². The number of hydrogen-bond donors (Lipinski definition) is 0. The summed E-state index contributed by atoms with van der Waals surface area (Å²) in [7, 11) is 0. The van der Waals surface area contributed by atoms with Crippen molar-refractivity contribution in [3.05, 3.63) is 142 Å². The molecule has 0 fully saturated rings. The minimum atomic E-state index is -0.944. The highest BCUT2D eigenvalue weighted by Crippen LogP contribution is 2.47. The van der Waals surface area contributed by atoms with Gasteiger partial charge in [0.15, 0.2) is 5.60 Å². The summed E-state index contributed by atoms with van der Waals surface area (Å²) in [5.41, 5.74) is 3.19. The third kappa shape index (κ3) is 3.16. The van der Waals surface area contributed by atoms with Crippen LogP contribution in [-0.2, 0) is 10.3 Å². The third-order valence-corrected chi connectivity index (χ3v) is 5.42. The van der Waals surface area contributed by atoms with E-state index in [1.807, 2.05) is 84.9 Å². The lowest BCUT2D eigenvalue weighted by atomic mass is 9.78.